The van der Waals surface area contributed by atoms with Crippen LogP contribution in [-0.4, -0.2) is 20.5 Å². The van der Waals surface area contributed by atoms with E-state index in [1.54, 1.807) is 35.3 Å². The van der Waals surface area contributed by atoms with Crippen molar-refractivity contribution in [3.63, 3.8) is 0 Å². The van der Waals surface area contributed by atoms with Crippen LogP contribution in [0.25, 0.3) is 11.4 Å². The molecule has 0 saturated heterocycles. The van der Waals surface area contributed by atoms with Crippen LogP contribution < -0.4 is 4.57 Å². The minimum atomic E-state index is -0.0438. The molecule has 5 nitrogen and oxygen atoms in total. The Balaban J connectivity index is 1.67. The summed E-state index contributed by atoms with van der Waals surface area (Å²) in [5.41, 5.74) is 1.53. The predicted octanol–water partition coefficient (Wildman–Crippen LogP) is 3.37. The molecule has 126 valence electrons. The first kappa shape index (κ1) is 16.2. The Morgan fingerprint density at radius 3 is 2.72 bits per heavy atom. The van der Waals surface area contributed by atoms with Gasteiger partial charge in [0, 0.05) is 29.5 Å². The molecule has 0 amide bonds. The van der Waals surface area contributed by atoms with Gasteiger partial charge in [0.15, 0.2) is 12.3 Å². The quantitative estimate of drug-likeness (QED) is 0.520. The SMILES string of the molecule is O=C(Cn1nc(-c2ccncc2)[n+]2c1CCC2)c1ccc(Cl)c(Cl)c1. The average Bonchev–Trinajstić information content (AvgIpc) is 3.22. The second-order valence-electron chi connectivity index (χ2n) is 5.94. The molecule has 0 radical (unpaired) electrons. The zero-order valence-electron chi connectivity index (χ0n) is 13.3. The summed E-state index contributed by atoms with van der Waals surface area (Å²) in [5.74, 6) is 1.90. The van der Waals surface area contributed by atoms with Gasteiger partial charge in [-0.15, -0.1) is 4.68 Å². The normalized spacial score (nSPS) is 13.0. The zero-order chi connectivity index (χ0) is 17.4. The molecule has 1 aromatic carbocycles. The predicted molar refractivity (Wildman–Crippen MR) is 94.8 cm³/mol. The summed E-state index contributed by atoms with van der Waals surface area (Å²) >= 11 is 11.9. The molecule has 1 aliphatic rings. The number of pyridine rings is 1. The molecule has 0 aliphatic carbocycles. The molecule has 0 bridgehead atoms. The first-order valence-electron chi connectivity index (χ1n) is 8.01. The van der Waals surface area contributed by atoms with E-state index in [9.17, 15) is 4.79 Å². The van der Waals surface area contributed by atoms with Crippen molar-refractivity contribution in [1.29, 1.82) is 0 Å². The molecule has 0 fully saturated rings. The van der Waals surface area contributed by atoms with E-state index in [1.165, 1.54) is 0 Å². The fraction of sp³-hybridized carbons (Fsp3) is 0.222. The van der Waals surface area contributed by atoms with Gasteiger partial charge in [-0.1, -0.05) is 23.2 Å². The molecule has 0 N–H and O–H groups in total. The summed E-state index contributed by atoms with van der Waals surface area (Å²) in [4.78, 5) is 16.7. The van der Waals surface area contributed by atoms with E-state index in [2.05, 4.69) is 14.6 Å². The summed E-state index contributed by atoms with van der Waals surface area (Å²) in [7, 11) is 0. The van der Waals surface area contributed by atoms with Crippen LogP contribution in [0.4, 0.5) is 0 Å². The number of hydrogen-bond acceptors (Lipinski definition) is 3. The highest BCUT2D eigenvalue weighted by atomic mass is 35.5. The highest BCUT2D eigenvalue weighted by Gasteiger charge is 2.31. The Morgan fingerprint density at radius 2 is 1.96 bits per heavy atom. The number of Topliss-reactive ketones (excluding diaryl/α,β-unsaturated/α-hetero) is 1. The van der Waals surface area contributed by atoms with E-state index in [-0.39, 0.29) is 12.3 Å². The molecule has 3 heterocycles. The number of hydrogen-bond donors (Lipinski definition) is 0. The van der Waals surface area contributed by atoms with Crippen LogP contribution in [0.5, 0.6) is 0 Å². The molecule has 0 spiro atoms. The molecule has 0 unspecified atom stereocenters. The van der Waals surface area contributed by atoms with Crippen molar-refractivity contribution >= 4 is 29.0 Å². The Labute approximate surface area is 154 Å². The summed E-state index contributed by atoms with van der Waals surface area (Å²) in [6.45, 7) is 1.09. The maximum Gasteiger partial charge on any atom is 0.309 e. The standard InChI is InChI=1S/C18H15Cl2N4O/c19-14-4-3-13(10-15(14)20)16(25)11-24-17-2-1-9-23(17)18(22-24)12-5-7-21-8-6-12/h3-8,10H,1-2,9,11H2/q+1. The molecule has 0 atom stereocenters. The van der Waals surface area contributed by atoms with Gasteiger partial charge in [-0.25, -0.2) is 4.57 Å². The third-order valence-corrected chi connectivity index (χ3v) is 5.08. The zero-order valence-corrected chi connectivity index (χ0v) is 14.8. The van der Waals surface area contributed by atoms with E-state index in [1.807, 2.05) is 12.1 Å². The van der Waals surface area contributed by atoms with Crippen molar-refractivity contribution < 1.29 is 9.36 Å². The van der Waals surface area contributed by atoms with Crippen molar-refractivity contribution in [2.75, 3.05) is 0 Å². The number of fused-ring (bicyclic) bond motifs is 1. The van der Waals surface area contributed by atoms with Gasteiger partial charge >= 0.3 is 5.82 Å². The summed E-state index contributed by atoms with van der Waals surface area (Å²) in [6.07, 6.45) is 5.46. The lowest BCUT2D eigenvalue weighted by Gasteiger charge is -2.01. The molecule has 3 aromatic rings. The third kappa shape index (κ3) is 3.05. The lowest BCUT2D eigenvalue weighted by molar-refractivity contribution is -0.680. The molecule has 1 aliphatic heterocycles. The van der Waals surface area contributed by atoms with Crippen molar-refractivity contribution in [3.05, 3.63) is 64.2 Å². The van der Waals surface area contributed by atoms with Crippen LogP contribution in [0, 0.1) is 0 Å². The van der Waals surface area contributed by atoms with Crippen LogP contribution in [0.1, 0.15) is 22.6 Å². The second kappa shape index (κ2) is 6.58. The third-order valence-electron chi connectivity index (χ3n) is 4.34. The molecule has 0 saturated carbocycles. The largest absolute Gasteiger partial charge is 0.309 e. The molecular weight excluding hydrogens is 359 g/mol. The van der Waals surface area contributed by atoms with E-state index >= 15 is 0 Å². The van der Waals surface area contributed by atoms with Crippen LogP contribution in [-0.2, 0) is 19.5 Å². The molecule has 25 heavy (non-hydrogen) atoms. The highest BCUT2D eigenvalue weighted by molar-refractivity contribution is 6.42. The van der Waals surface area contributed by atoms with Crippen LogP contribution >= 0.6 is 23.2 Å². The fourth-order valence-electron chi connectivity index (χ4n) is 3.12. The molecular formula is C18H15Cl2N4O+. The number of aromatic nitrogens is 4. The number of carbonyl (C=O) groups excluding carboxylic acids is 1. The Bertz CT molecular complexity index is 953. The highest BCUT2D eigenvalue weighted by Crippen LogP contribution is 2.23. The van der Waals surface area contributed by atoms with Crippen molar-refractivity contribution in [1.82, 2.24) is 14.8 Å². The van der Waals surface area contributed by atoms with E-state index < -0.39 is 0 Å². The van der Waals surface area contributed by atoms with Crippen LogP contribution in [0.2, 0.25) is 10.0 Å². The van der Waals surface area contributed by atoms with Gasteiger partial charge in [0.2, 0.25) is 5.82 Å². The topological polar surface area (TPSA) is 51.7 Å². The Morgan fingerprint density at radius 1 is 1.16 bits per heavy atom. The first-order chi connectivity index (χ1) is 12.1. The maximum absolute atomic E-state index is 12.6. The fourth-order valence-corrected chi connectivity index (χ4v) is 3.42. The minimum absolute atomic E-state index is 0.0438. The summed E-state index contributed by atoms with van der Waals surface area (Å²) < 4.78 is 3.98. The Kier molecular flexibility index (Phi) is 4.27. The van der Waals surface area contributed by atoms with Gasteiger partial charge < -0.3 is 0 Å². The first-order valence-corrected chi connectivity index (χ1v) is 8.77. The number of ketones is 1. The van der Waals surface area contributed by atoms with Gasteiger partial charge in [0.05, 0.1) is 22.2 Å². The van der Waals surface area contributed by atoms with Gasteiger partial charge in [0.1, 0.15) is 0 Å². The Hall–Kier alpha value is -2.24. The molecule has 4 rings (SSSR count). The smallest absolute Gasteiger partial charge is 0.290 e. The lowest BCUT2D eigenvalue weighted by atomic mass is 10.1. The number of halogens is 2. The summed E-state index contributed by atoms with van der Waals surface area (Å²) in [5, 5.41) is 5.50. The number of carbonyl (C=O) groups is 1. The van der Waals surface area contributed by atoms with Gasteiger partial charge in [0.25, 0.3) is 0 Å². The second-order valence-corrected chi connectivity index (χ2v) is 6.76. The van der Waals surface area contributed by atoms with Crippen LogP contribution in [0.15, 0.2) is 42.7 Å². The lowest BCUT2D eigenvalue weighted by Crippen LogP contribution is -2.34. The number of benzene rings is 1. The van der Waals surface area contributed by atoms with Crippen LogP contribution in [0.3, 0.4) is 0 Å². The van der Waals surface area contributed by atoms with E-state index in [0.29, 0.717) is 15.6 Å². The maximum atomic E-state index is 12.6. The van der Waals surface area contributed by atoms with E-state index in [4.69, 9.17) is 23.2 Å². The molecule has 2 aromatic heterocycles. The van der Waals surface area contributed by atoms with Crippen molar-refractivity contribution in [2.45, 2.75) is 25.9 Å². The number of rotatable bonds is 4. The number of nitrogens with zero attached hydrogens (tertiary/aromatic N) is 4. The van der Waals surface area contributed by atoms with Crippen molar-refractivity contribution in [3.8, 4) is 11.4 Å². The van der Waals surface area contributed by atoms with E-state index in [0.717, 1.165) is 36.6 Å². The van der Waals surface area contributed by atoms with Gasteiger partial charge in [-0.2, -0.15) is 0 Å². The summed E-state index contributed by atoms with van der Waals surface area (Å²) in [6, 6.07) is 8.80. The van der Waals surface area contributed by atoms with Gasteiger partial charge in [-0.05, 0) is 36.8 Å². The monoisotopic (exact) mass is 373 g/mol. The minimum Gasteiger partial charge on any atom is -0.290 e. The molecule has 7 heteroatoms. The van der Waals surface area contributed by atoms with Gasteiger partial charge in [-0.3, -0.25) is 9.78 Å². The van der Waals surface area contributed by atoms with Crippen molar-refractivity contribution in [2.24, 2.45) is 0 Å². The average molecular weight is 374 g/mol.